The lowest BCUT2D eigenvalue weighted by Gasteiger charge is -2.11. The van der Waals surface area contributed by atoms with E-state index >= 15 is 0 Å². The minimum atomic E-state index is -0.708. The first-order valence-electron chi connectivity index (χ1n) is 6.38. The van der Waals surface area contributed by atoms with E-state index in [1.165, 1.54) is 0 Å². The van der Waals surface area contributed by atoms with E-state index in [9.17, 15) is 15.0 Å². The largest absolute Gasteiger partial charge is 0.392 e. The van der Waals surface area contributed by atoms with Crippen molar-refractivity contribution < 1.29 is 15.0 Å². The average molecular weight is 258 g/mol. The molecule has 1 fully saturated rings. The van der Waals surface area contributed by atoms with Gasteiger partial charge < -0.3 is 10.2 Å². The Morgan fingerprint density at radius 1 is 1.37 bits per heavy atom. The Morgan fingerprint density at radius 3 is 2.63 bits per heavy atom. The fourth-order valence-corrected chi connectivity index (χ4v) is 2.28. The highest BCUT2D eigenvalue weighted by atomic mass is 16.3. The maximum atomic E-state index is 11.4. The van der Waals surface area contributed by atoms with Gasteiger partial charge in [0.05, 0.1) is 12.2 Å². The Morgan fingerprint density at radius 2 is 2.05 bits per heavy atom. The molecule has 0 saturated heterocycles. The van der Waals surface area contributed by atoms with Gasteiger partial charge in [-0.15, -0.1) is 0 Å². The summed E-state index contributed by atoms with van der Waals surface area (Å²) in [5.74, 6) is -0.461. The monoisotopic (exact) mass is 258 g/mol. The third kappa shape index (κ3) is 3.40. The molecule has 0 bridgehead atoms. The van der Waals surface area contributed by atoms with E-state index in [4.69, 9.17) is 0 Å². The minimum Gasteiger partial charge on any atom is -0.392 e. The van der Waals surface area contributed by atoms with E-state index < -0.39 is 12.2 Å². The van der Waals surface area contributed by atoms with Crippen LogP contribution in [-0.4, -0.2) is 28.2 Å². The molecule has 1 aliphatic carbocycles. The van der Waals surface area contributed by atoms with Gasteiger partial charge in [0.2, 0.25) is 0 Å². The highest BCUT2D eigenvalue weighted by Gasteiger charge is 2.33. The van der Waals surface area contributed by atoms with Crippen LogP contribution in [0.25, 0.3) is 0 Å². The van der Waals surface area contributed by atoms with E-state index in [0.29, 0.717) is 12.0 Å². The lowest BCUT2D eigenvalue weighted by atomic mass is 9.99. The van der Waals surface area contributed by atoms with Crippen LogP contribution >= 0.6 is 0 Å². The van der Waals surface area contributed by atoms with E-state index in [2.05, 4.69) is 6.58 Å². The molecule has 100 valence electrons. The van der Waals surface area contributed by atoms with Crippen molar-refractivity contribution in [2.45, 2.75) is 25.0 Å². The molecule has 1 aliphatic rings. The van der Waals surface area contributed by atoms with Gasteiger partial charge >= 0.3 is 0 Å². The summed E-state index contributed by atoms with van der Waals surface area (Å²) in [6.45, 7) is 3.69. The molecule has 3 nitrogen and oxygen atoms in total. The van der Waals surface area contributed by atoms with Crippen LogP contribution in [0.5, 0.6) is 0 Å². The summed E-state index contributed by atoms with van der Waals surface area (Å²) in [6, 6.07) is 9.67. The Kier molecular flexibility index (Phi) is 4.30. The molecule has 0 heterocycles. The third-order valence-corrected chi connectivity index (χ3v) is 3.40. The zero-order valence-corrected chi connectivity index (χ0v) is 10.7. The maximum Gasteiger partial charge on any atom is 0.161 e. The summed E-state index contributed by atoms with van der Waals surface area (Å²) in [4.78, 5) is 11.4. The Balaban J connectivity index is 1.95. The fourth-order valence-electron chi connectivity index (χ4n) is 2.28. The summed E-state index contributed by atoms with van der Waals surface area (Å²) >= 11 is 0. The second kappa shape index (κ2) is 5.95. The van der Waals surface area contributed by atoms with Gasteiger partial charge in [0, 0.05) is 18.8 Å². The molecule has 3 atom stereocenters. The highest BCUT2D eigenvalue weighted by molar-refractivity contribution is 5.98. The molecule has 0 radical (unpaired) electrons. The van der Waals surface area contributed by atoms with Crippen molar-refractivity contribution in [3.05, 3.63) is 60.2 Å². The number of benzene rings is 1. The number of carbonyl (C=O) groups is 1. The molecule has 19 heavy (non-hydrogen) atoms. The van der Waals surface area contributed by atoms with Gasteiger partial charge in [-0.05, 0) is 11.1 Å². The van der Waals surface area contributed by atoms with Gasteiger partial charge in [-0.25, -0.2) is 0 Å². The molecule has 1 saturated carbocycles. The maximum absolute atomic E-state index is 11.4. The van der Waals surface area contributed by atoms with Crippen molar-refractivity contribution >= 4 is 5.78 Å². The number of Topliss-reactive ketones (excluding diaryl/α,β-unsaturated/α-hetero) is 1. The predicted molar refractivity (Wildman–Crippen MR) is 73.6 cm³/mol. The average Bonchev–Trinajstić information content (AvgIpc) is 2.62. The van der Waals surface area contributed by atoms with Crippen molar-refractivity contribution in [3.63, 3.8) is 0 Å². The molecule has 0 amide bonds. The number of hydrogen-bond acceptors (Lipinski definition) is 3. The molecule has 0 aliphatic heterocycles. The summed E-state index contributed by atoms with van der Waals surface area (Å²) in [7, 11) is 0. The lowest BCUT2D eigenvalue weighted by molar-refractivity contribution is -0.115. The van der Waals surface area contributed by atoms with E-state index in [1.807, 2.05) is 30.3 Å². The van der Waals surface area contributed by atoms with Crippen LogP contribution in [0.2, 0.25) is 0 Å². The summed E-state index contributed by atoms with van der Waals surface area (Å²) < 4.78 is 0. The summed E-state index contributed by atoms with van der Waals surface area (Å²) in [5, 5.41) is 19.6. The van der Waals surface area contributed by atoms with Crippen molar-refractivity contribution in [2.24, 2.45) is 5.92 Å². The molecule has 2 N–H and O–H groups in total. The Labute approximate surface area is 112 Å². The number of ketones is 1. The first kappa shape index (κ1) is 13.7. The molecule has 2 rings (SSSR count). The van der Waals surface area contributed by atoms with Gasteiger partial charge in [0.25, 0.3) is 0 Å². The van der Waals surface area contributed by atoms with E-state index in [-0.39, 0.29) is 18.1 Å². The van der Waals surface area contributed by atoms with Gasteiger partial charge in [-0.3, -0.25) is 4.79 Å². The van der Waals surface area contributed by atoms with Crippen LogP contribution < -0.4 is 0 Å². The highest BCUT2D eigenvalue weighted by Crippen LogP contribution is 2.28. The number of aliphatic hydroxyl groups excluding tert-OH is 2. The van der Waals surface area contributed by atoms with Crippen molar-refractivity contribution in [1.29, 1.82) is 0 Å². The van der Waals surface area contributed by atoms with Crippen LogP contribution in [0.1, 0.15) is 12.0 Å². The zero-order chi connectivity index (χ0) is 13.8. The quantitative estimate of drug-likeness (QED) is 0.638. The predicted octanol–water partition coefficient (Wildman–Crippen LogP) is 1.65. The fraction of sp³-hybridized carbons (Fsp3) is 0.312. The van der Waals surface area contributed by atoms with Crippen LogP contribution in [0.15, 0.2) is 54.6 Å². The van der Waals surface area contributed by atoms with Crippen molar-refractivity contribution in [3.8, 4) is 0 Å². The number of aliphatic hydroxyl groups is 2. The van der Waals surface area contributed by atoms with E-state index in [0.717, 1.165) is 5.56 Å². The lowest BCUT2D eigenvalue weighted by Crippen LogP contribution is -2.13. The second-order valence-electron chi connectivity index (χ2n) is 4.89. The van der Waals surface area contributed by atoms with Crippen LogP contribution in [0, 0.1) is 5.92 Å². The summed E-state index contributed by atoms with van der Waals surface area (Å²) in [6.07, 6.45) is 2.62. The van der Waals surface area contributed by atoms with Crippen molar-refractivity contribution in [2.75, 3.05) is 0 Å². The Bertz CT molecular complexity index is 490. The zero-order valence-electron chi connectivity index (χ0n) is 10.7. The van der Waals surface area contributed by atoms with Gasteiger partial charge in [0.15, 0.2) is 5.78 Å². The molecule has 0 unspecified atom stereocenters. The standard InChI is InChI=1S/C16H18O3/c1-11-14(16(19)10-15(11)18)8-7-13(17)9-12-5-3-2-4-6-12/h2-8,13-14,16-17,19H,1,9-10H2/t13-,14-,16-/m1/s1. The number of rotatable bonds is 4. The second-order valence-corrected chi connectivity index (χ2v) is 4.89. The van der Waals surface area contributed by atoms with Crippen LogP contribution in [-0.2, 0) is 11.2 Å². The SMILES string of the molecule is C=C1C(=O)C[C@@H](O)[C@@H]1C=C[C@@H](O)Cc1ccccc1. The first-order valence-corrected chi connectivity index (χ1v) is 6.38. The third-order valence-electron chi connectivity index (χ3n) is 3.40. The summed E-state index contributed by atoms with van der Waals surface area (Å²) in [5.41, 5.74) is 1.47. The van der Waals surface area contributed by atoms with Crippen LogP contribution in [0.4, 0.5) is 0 Å². The van der Waals surface area contributed by atoms with E-state index in [1.54, 1.807) is 12.2 Å². The molecule has 0 aromatic heterocycles. The topological polar surface area (TPSA) is 57.5 Å². The normalized spacial score (nSPS) is 25.2. The minimum absolute atomic E-state index is 0.0975. The molecule has 0 spiro atoms. The van der Waals surface area contributed by atoms with Crippen LogP contribution in [0.3, 0.4) is 0 Å². The molecule has 1 aromatic carbocycles. The number of carbonyl (C=O) groups excluding carboxylic acids is 1. The molecule has 3 heteroatoms. The van der Waals surface area contributed by atoms with Crippen molar-refractivity contribution in [1.82, 2.24) is 0 Å². The first-order chi connectivity index (χ1) is 9.08. The van der Waals surface area contributed by atoms with Gasteiger partial charge in [-0.2, -0.15) is 0 Å². The molecule has 1 aromatic rings. The smallest absolute Gasteiger partial charge is 0.161 e. The van der Waals surface area contributed by atoms with Gasteiger partial charge in [-0.1, -0.05) is 49.1 Å². The number of hydrogen-bond donors (Lipinski definition) is 2. The molecular weight excluding hydrogens is 240 g/mol. The van der Waals surface area contributed by atoms with Gasteiger partial charge in [0.1, 0.15) is 0 Å². The Hall–Kier alpha value is -1.71. The molecular formula is C16H18O3.